The first-order chi connectivity index (χ1) is 17.8. The van der Waals surface area contributed by atoms with Crippen molar-refractivity contribution in [2.45, 2.75) is 26.4 Å². The lowest BCUT2D eigenvalue weighted by Gasteiger charge is -2.37. The van der Waals surface area contributed by atoms with Crippen LogP contribution in [0, 0.1) is 0 Å². The van der Waals surface area contributed by atoms with Gasteiger partial charge in [0.05, 0.1) is 29.5 Å². The molecular weight excluding hydrogens is 470 g/mol. The second-order valence-electron chi connectivity index (χ2n) is 9.88. The summed E-state index contributed by atoms with van der Waals surface area (Å²) in [4.78, 5) is 38.2. The van der Waals surface area contributed by atoms with Crippen LogP contribution < -0.4 is 10.2 Å². The maximum absolute atomic E-state index is 13.2. The second-order valence-corrected chi connectivity index (χ2v) is 9.88. The molecule has 2 amide bonds. The van der Waals surface area contributed by atoms with Gasteiger partial charge in [-0.3, -0.25) is 9.78 Å². The number of hydrogen-bond donors (Lipinski definition) is 1. The zero-order chi connectivity index (χ0) is 26.0. The number of carbonyl (C=O) groups excluding carboxylic acids is 2. The van der Waals surface area contributed by atoms with Gasteiger partial charge >= 0.3 is 6.09 Å². The maximum atomic E-state index is 13.2. The molecule has 5 rings (SSSR count). The topological polar surface area (TPSA) is 101 Å². The van der Waals surface area contributed by atoms with Gasteiger partial charge < -0.3 is 24.3 Å². The predicted molar refractivity (Wildman–Crippen MR) is 142 cm³/mol. The van der Waals surface area contributed by atoms with Crippen LogP contribution in [0.2, 0.25) is 0 Å². The number of piperazine rings is 1. The molecule has 0 saturated carbocycles. The molecular formula is C28H29N5O4. The second kappa shape index (κ2) is 9.93. The van der Waals surface area contributed by atoms with Gasteiger partial charge in [0.2, 0.25) is 0 Å². The molecule has 4 aromatic rings. The van der Waals surface area contributed by atoms with Crippen LogP contribution in [0.5, 0.6) is 0 Å². The van der Waals surface area contributed by atoms with Gasteiger partial charge in [-0.1, -0.05) is 6.07 Å². The Morgan fingerprint density at radius 1 is 1.03 bits per heavy atom. The molecule has 0 atom stereocenters. The third-order valence-corrected chi connectivity index (χ3v) is 6.05. The Morgan fingerprint density at radius 3 is 2.62 bits per heavy atom. The summed E-state index contributed by atoms with van der Waals surface area (Å²) in [6, 6.07) is 14.9. The van der Waals surface area contributed by atoms with Crippen LogP contribution in [0.4, 0.5) is 16.2 Å². The lowest BCUT2D eigenvalue weighted by Crippen LogP contribution is -2.50. The van der Waals surface area contributed by atoms with Gasteiger partial charge in [0.15, 0.2) is 0 Å². The van der Waals surface area contributed by atoms with E-state index in [2.05, 4.69) is 20.2 Å². The van der Waals surface area contributed by atoms with Gasteiger partial charge in [-0.2, -0.15) is 0 Å². The van der Waals surface area contributed by atoms with Crippen LogP contribution >= 0.6 is 0 Å². The number of rotatable bonds is 4. The quantitative estimate of drug-likeness (QED) is 0.412. The molecule has 1 fully saturated rings. The third-order valence-electron chi connectivity index (χ3n) is 6.05. The lowest BCUT2D eigenvalue weighted by molar-refractivity contribution is 0.0240. The number of hydrogen-bond acceptors (Lipinski definition) is 7. The smallest absolute Gasteiger partial charge is 0.410 e. The largest absolute Gasteiger partial charge is 0.464 e. The van der Waals surface area contributed by atoms with Crippen molar-refractivity contribution in [2.24, 2.45) is 0 Å². The normalized spacial score (nSPS) is 14.0. The van der Waals surface area contributed by atoms with Crippen LogP contribution in [0.15, 0.2) is 71.6 Å². The minimum absolute atomic E-state index is 0.300. The number of nitrogens with zero attached hydrogens (tertiary/aromatic N) is 4. The van der Waals surface area contributed by atoms with Gasteiger partial charge in [-0.15, -0.1) is 0 Å². The fourth-order valence-corrected chi connectivity index (χ4v) is 4.25. The number of carbonyl (C=O) groups is 2. The van der Waals surface area contributed by atoms with Crippen LogP contribution in [0.3, 0.4) is 0 Å². The Labute approximate surface area is 215 Å². The molecule has 37 heavy (non-hydrogen) atoms. The average Bonchev–Trinajstić information content (AvgIpc) is 3.36. The Balaban J connectivity index is 1.29. The highest BCUT2D eigenvalue weighted by Gasteiger charge is 2.27. The van der Waals surface area contributed by atoms with Gasteiger partial charge in [0, 0.05) is 43.3 Å². The van der Waals surface area contributed by atoms with E-state index in [1.807, 2.05) is 63.2 Å². The summed E-state index contributed by atoms with van der Waals surface area (Å²) in [6.45, 7) is 7.83. The average molecular weight is 500 g/mol. The highest BCUT2D eigenvalue weighted by Crippen LogP contribution is 2.27. The molecule has 1 aromatic carbocycles. The molecule has 1 aliphatic rings. The number of fused-ring (bicyclic) bond motifs is 1. The van der Waals surface area contributed by atoms with Gasteiger partial charge in [0.1, 0.15) is 16.9 Å². The maximum Gasteiger partial charge on any atom is 0.410 e. The summed E-state index contributed by atoms with van der Waals surface area (Å²) >= 11 is 0. The molecule has 190 valence electrons. The molecule has 1 saturated heterocycles. The van der Waals surface area contributed by atoms with Crippen molar-refractivity contribution in [2.75, 3.05) is 36.4 Å². The zero-order valence-electron chi connectivity index (χ0n) is 21.1. The molecule has 3 aromatic heterocycles. The number of ether oxygens (including phenoxy) is 1. The summed E-state index contributed by atoms with van der Waals surface area (Å²) in [6.07, 6.45) is 4.66. The van der Waals surface area contributed by atoms with Gasteiger partial charge in [-0.05, 0) is 63.2 Å². The van der Waals surface area contributed by atoms with Crippen molar-refractivity contribution in [3.05, 3.63) is 72.9 Å². The van der Waals surface area contributed by atoms with Crippen LogP contribution in [-0.4, -0.2) is 58.6 Å². The summed E-state index contributed by atoms with van der Waals surface area (Å²) in [5, 5.41) is 3.94. The van der Waals surface area contributed by atoms with E-state index >= 15 is 0 Å². The van der Waals surface area contributed by atoms with Crippen molar-refractivity contribution < 1.29 is 18.7 Å². The molecule has 1 aliphatic heterocycles. The number of aromatic nitrogens is 2. The first-order valence-corrected chi connectivity index (χ1v) is 12.2. The van der Waals surface area contributed by atoms with Gasteiger partial charge in [-0.25, -0.2) is 9.78 Å². The van der Waals surface area contributed by atoms with E-state index in [1.54, 1.807) is 29.6 Å². The molecule has 0 radical (unpaired) electrons. The molecule has 4 heterocycles. The molecule has 0 bridgehead atoms. The monoisotopic (exact) mass is 499 g/mol. The fraction of sp³-hybridized carbons (Fsp3) is 0.286. The lowest BCUT2D eigenvalue weighted by atomic mass is 10.1. The van der Waals surface area contributed by atoms with Crippen molar-refractivity contribution in [1.82, 2.24) is 14.9 Å². The molecule has 9 heteroatoms. The van der Waals surface area contributed by atoms with E-state index in [9.17, 15) is 9.59 Å². The molecule has 1 N–H and O–H groups in total. The third kappa shape index (κ3) is 5.55. The molecule has 0 spiro atoms. The Kier molecular flexibility index (Phi) is 6.52. The van der Waals surface area contributed by atoms with Crippen molar-refractivity contribution >= 4 is 34.3 Å². The van der Waals surface area contributed by atoms with E-state index in [4.69, 9.17) is 9.15 Å². The highest BCUT2D eigenvalue weighted by atomic mass is 16.6. The van der Waals surface area contributed by atoms with Crippen LogP contribution in [-0.2, 0) is 4.74 Å². The Bertz CT molecular complexity index is 1430. The molecule has 9 nitrogen and oxygen atoms in total. The Hall–Kier alpha value is -4.40. The number of nitrogens with one attached hydrogen (secondary N) is 1. The number of anilines is 2. The van der Waals surface area contributed by atoms with Crippen molar-refractivity contribution in [3.8, 4) is 11.3 Å². The zero-order valence-corrected chi connectivity index (χ0v) is 21.1. The first-order valence-electron chi connectivity index (χ1n) is 12.2. The van der Waals surface area contributed by atoms with Gasteiger partial charge in [0.25, 0.3) is 5.91 Å². The minimum atomic E-state index is -0.534. The van der Waals surface area contributed by atoms with Crippen LogP contribution in [0.25, 0.3) is 22.2 Å². The first kappa shape index (κ1) is 24.3. The summed E-state index contributed by atoms with van der Waals surface area (Å²) in [5.74, 6) is -0.326. The number of furan rings is 1. The standard InChI is InChI=1S/C28H29N5O4/c1-28(2,3)37-27(35)33-14-12-32(13-15-33)24-9-11-29-18-23(24)31-26(34)22-6-4-5-21(30-22)19-7-8-25-20(17-19)10-16-36-25/h4-11,16-18H,12-15H2,1-3H3,(H,31,34). The number of benzene rings is 1. The van der Waals surface area contributed by atoms with Crippen molar-refractivity contribution in [3.63, 3.8) is 0 Å². The minimum Gasteiger partial charge on any atom is -0.464 e. The van der Waals surface area contributed by atoms with Crippen LogP contribution in [0.1, 0.15) is 31.3 Å². The van der Waals surface area contributed by atoms with E-state index in [0.717, 1.165) is 22.2 Å². The fourth-order valence-electron chi connectivity index (χ4n) is 4.25. The van der Waals surface area contributed by atoms with E-state index in [0.29, 0.717) is 43.3 Å². The summed E-state index contributed by atoms with van der Waals surface area (Å²) in [5.41, 5.74) is 3.59. The predicted octanol–water partition coefficient (Wildman–Crippen LogP) is 5.20. The van der Waals surface area contributed by atoms with E-state index in [1.165, 1.54) is 0 Å². The number of pyridine rings is 2. The SMILES string of the molecule is CC(C)(C)OC(=O)N1CCN(c2ccncc2NC(=O)c2cccc(-c3ccc4occc4c3)n2)CC1. The molecule has 0 unspecified atom stereocenters. The summed E-state index contributed by atoms with van der Waals surface area (Å²) in [7, 11) is 0. The highest BCUT2D eigenvalue weighted by molar-refractivity contribution is 6.05. The summed E-state index contributed by atoms with van der Waals surface area (Å²) < 4.78 is 10.9. The van der Waals surface area contributed by atoms with Crippen molar-refractivity contribution in [1.29, 1.82) is 0 Å². The van der Waals surface area contributed by atoms with E-state index < -0.39 is 5.60 Å². The molecule has 0 aliphatic carbocycles. The Morgan fingerprint density at radius 2 is 1.84 bits per heavy atom. The number of amides is 2. The van der Waals surface area contributed by atoms with E-state index in [-0.39, 0.29) is 12.0 Å².